The van der Waals surface area contributed by atoms with Crippen molar-refractivity contribution in [3.05, 3.63) is 90.1 Å². The molecule has 3 aromatic rings. The number of allylic oxidation sites excluding steroid dienone is 2. The Bertz CT molecular complexity index is 2160. The number of hydrogen-bond donors (Lipinski definition) is 0. The van der Waals surface area contributed by atoms with Crippen LogP contribution in [-0.2, 0) is 25.5 Å². The Balaban J connectivity index is 0.00000541. The summed E-state index contributed by atoms with van der Waals surface area (Å²) in [7, 11) is 1.26. The Kier molecular flexibility index (Phi) is 12.3. The molecule has 8 bridgehead atoms. The van der Waals surface area contributed by atoms with E-state index >= 15 is 0 Å². The van der Waals surface area contributed by atoms with Crippen molar-refractivity contribution in [1.82, 2.24) is 15.0 Å². The normalized spacial score (nSPS) is 22.7. The first-order chi connectivity index (χ1) is 25.0. The van der Waals surface area contributed by atoms with Gasteiger partial charge in [0, 0.05) is 17.5 Å². The first-order valence-corrected chi connectivity index (χ1v) is 18.2. The van der Waals surface area contributed by atoms with Gasteiger partial charge in [-0.05, 0) is 56.4 Å². The molecule has 274 valence electrons. The smallest absolute Gasteiger partial charge is 0.664 e. The Morgan fingerprint density at radius 1 is 0.981 bits per heavy atom. The minimum Gasteiger partial charge on any atom is -0.664 e. The van der Waals surface area contributed by atoms with Crippen LogP contribution in [0.15, 0.2) is 18.0 Å². The second kappa shape index (κ2) is 16.3. The maximum absolute atomic E-state index is 14.2. The monoisotopic (exact) mass is 726 g/mol. The molecule has 6 rings (SSSR count). The third kappa shape index (κ3) is 7.17. The molecule has 3 aromatic heterocycles. The zero-order valence-electron chi connectivity index (χ0n) is 31.8. The van der Waals surface area contributed by atoms with Crippen molar-refractivity contribution in [3.63, 3.8) is 0 Å². The molecule has 2 aliphatic heterocycles. The van der Waals surface area contributed by atoms with Crippen molar-refractivity contribution in [3.8, 4) is 0 Å². The van der Waals surface area contributed by atoms with Crippen LogP contribution < -0.4 is 25.7 Å². The quantitative estimate of drug-likeness (QED) is 0.105. The Morgan fingerprint density at radius 3 is 2.36 bits per heavy atom. The number of fused-ring (bicyclic) bond motifs is 7. The van der Waals surface area contributed by atoms with Crippen LogP contribution in [0.2, 0.25) is 0 Å². The summed E-state index contributed by atoms with van der Waals surface area (Å²) in [6.45, 7) is 16.5. The van der Waals surface area contributed by atoms with Crippen LogP contribution in [0.3, 0.4) is 0 Å². The molecule has 0 N–H and O–H groups in total. The maximum Gasteiger partial charge on any atom is 2.00 e. The van der Waals surface area contributed by atoms with Crippen LogP contribution in [-0.4, -0.2) is 60.8 Å². The number of rotatable bonds is 12. The molecule has 3 aliphatic rings. The summed E-state index contributed by atoms with van der Waals surface area (Å²) in [5.74, 6) is -2.72. The van der Waals surface area contributed by atoms with E-state index in [9.17, 15) is 19.2 Å². The van der Waals surface area contributed by atoms with Gasteiger partial charge in [-0.1, -0.05) is 93.7 Å². The predicted octanol–water partition coefficient (Wildman–Crippen LogP) is 5.31. The molecule has 0 saturated carbocycles. The number of aromatic nitrogens is 3. The molecule has 11 heteroatoms. The molecule has 0 aromatic carbocycles. The third-order valence-corrected chi connectivity index (χ3v) is 10.9. The fourth-order valence-corrected chi connectivity index (χ4v) is 7.95. The molecule has 4 atom stereocenters. The van der Waals surface area contributed by atoms with E-state index < -0.39 is 17.7 Å². The van der Waals surface area contributed by atoms with Crippen LogP contribution in [0.4, 0.5) is 0 Å². The van der Waals surface area contributed by atoms with Crippen molar-refractivity contribution >= 4 is 76.9 Å². The number of Topliss-reactive ketones (excluding diaryl/α,β-unsaturated/α-hetero) is 1. The van der Waals surface area contributed by atoms with Gasteiger partial charge in [0.15, 0.2) is 5.78 Å². The summed E-state index contributed by atoms with van der Waals surface area (Å²) in [6.07, 6.45) is 12.1. The summed E-state index contributed by atoms with van der Waals surface area (Å²) in [6, 6.07) is 0. The maximum atomic E-state index is 14.2. The number of hydrogen-bond acceptors (Lipinski definition) is 6. The van der Waals surface area contributed by atoms with Crippen molar-refractivity contribution in [1.29, 1.82) is 0 Å². The van der Waals surface area contributed by atoms with Gasteiger partial charge >= 0.3 is 35.0 Å². The largest absolute Gasteiger partial charge is 2.00 e. The van der Waals surface area contributed by atoms with Gasteiger partial charge in [0.25, 0.3) is 0 Å². The number of ether oxygens (including phenoxy) is 2. The van der Waals surface area contributed by atoms with Gasteiger partial charge in [0.1, 0.15) is 12.2 Å². The van der Waals surface area contributed by atoms with E-state index in [1.165, 1.54) is 7.11 Å². The molecule has 0 amide bonds. The average molecular weight is 727 g/mol. The fourth-order valence-electron chi connectivity index (χ4n) is 7.95. The molecular formula is C42H46MgN4O6-2. The molecule has 1 saturated heterocycles. The van der Waals surface area contributed by atoms with Crippen molar-refractivity contribution in [2.75, 3.05) is 13.7 Å². The average Bonchev–Trinajstić information content (AvgIpc) is 3.87. The second-order valence-electron chi connectivity index (χ2n) is 14.1. The van der Waals surface area contributed by atoms with Gasteiger partial charge in [0.05, 0.1) is 13.7 Å². The van der Waals surface area contributed by atoms with Crippen LogP contribution in [0, 0.1) is 37.5 Å². The number of methoxy groups -OCH3 is 1. The standard InChI is InChI=1S/C42H47N4O6.Mg/c1-9-12-21(4)15-16-52-35(48)14-13-27-23(6)30-17-29-22(5)25(10-2)32(43-29)19-34-28(20-47)26(11-3)33(44-34)18-31-24(7)36-40(46-31)37(39(27)45-30)38(41(36)49)42(50)51-8;/h10,17-21,23,27,38H,2,9,11-16H2,1,3-8H3,(H-,45,46,47,49);/q-3;+2/p-1/b30-17-,34-19-;/t21?,23-,27-,38+;/m0./s1. The zero-order valence-corrected chi connectivity index (χ0v) is 33.2. The Hall–Kier alpha value is -4.35. The van der Waals surface area contributed by atoms with Gasteiger partial charge in [0.2, 0.25) is 0 Å². The van der Waals surface area contributed by atoms with Crippen molar-refractivity contribution in [2.24, 2.45) is 23.7 Å². The van der Waals surface area contributed by atoms with Gasteiger partial charge in [-0.15, -0.1) is 33.5 Å². The molecule has 1 fully saturated rings. The Morgan fingerprint density at radius 2 is 1.70 bits per heavy atom. The van der Waals surface area contributed by atoms with E-state index in [0.29, 0.717) is 92.5 Å². The summed E-state index contributed by atoms with van der Waals surface area (Å²) >= 11 is 0. The SMILES string of the molecule is C=Cc1c2[n-]c(c1C)/C=C1\[N-]/C(=C3\c4[n-]c(c(C)c4C(=O)[C@@H]3C(=O)OC)/C=c3\[n-]/c(c(C=O)c3CC)=C\2)[C@@H](CCC(=O)OCCC(C)CCC)[C@@H]1C.[Mg+2]. The first kappa shape index (κ1) is 39.8. The van der Waals surface area contributed by atoms with E-state index in [1.807, 2.05) is 32.9 Å². The number of nitrogens with zero attached hydrogens (tertiary/aromatic N) is 4. The number of carbonyl (C=O) groups is 4. The first-order valence-electron chi connectivity index (χ1n) is 18.2. The van der Waals surface area contributed by atoms with E-state index in [1.54, 1.807) is 19.1 Å². The summed E-state index contributed by atoms with van der Waals surface area (Å²) < 4.78 is 10.8. The molecule has 10 nitrogen and oxygen atoms in total. The number of carbonyl (C=O) groups excluding carboxylic acids is 4. The van der Waals surface area contributed by atoms with Crippen LogP contribution in [0.25, 0.3) is 35.2 Å². The van der Waals surface area contributed by atoms with Crippen molar-refractivity contribution < 1.29 is 28.7 Å². The molecule has 53 heavy (non-hydrogen) atoms. The molecule has 0 radical (unpaired) electrons. The molecule has 1 unspecified atom stereocenters. The Labute approximate surface area is 326 Å². The van der Waals surface area contributed by atoms with E-state index in [0.717, 1.165) is 42.2 Å². The predicted molar refractivity (Wildman–Crippen MR) is 205 cm³/mol. The molecule has 5 heterocycles. The van der Waals surface area contributed by atoms with Gasteiger partial charge in [-0.2, -0.15) is 11.4 Å². The van der Waals surface area contributed by atoms with Gasteiger partial charge in [-0.3, -0.25) is 19.2 Å². The number of esters is 2. The topological polar surface area (TPSA) is 143 Å². The van der Waals surface area contributed by atoms with E-state index in [2.05, 4.69) is 20.4 Å². The molecule has 0 spiro atoms. The fraction of sp³-hybridized carbons (Fsp3) is 0.429. The summed E-state index contributed by atoms with van der Waals surface area (Å²) in [5.41, 5.74) is 7.67. The number of ketones is 1. The second-order valence-corrected chi connectivity index (χ2v) is 14.1. The van der Waals surface area contributed by atoms with E-state index in [-0.39, 0.29) is 47.3 Å². The van der Waals surface area contributed by atoms with Crippen LogP contribution >= 0.6 is 0 Å². The third-order valence-electron chi connectivity index (χ3n) is 10.9. The zero-order chi connectivity index (χ0) is 37.4. The number of aldehydes is 1. The van der Waals surface area contributed by atoms with Crippen molar-refractivity contribution in [2.45, 2.75) is 80.1 Å². The van der Waals surface area contributed by atoms with Crippen LogP contribution in [0.1, 0.15) is 126 Å². The minimum absolute atomic E-state index is 0. The summed E-state index contributed by atoms with van der Waals surface area (Å²) in [4.78, 5) is 68.0. The van der Waals surface area contributed by atoms with E-state index in [4.69, 9.17) is 29.7 Å². The van der Waals surface area contributed by atoms with Gasteiger partial charge < -0.3 is 29.7 Å². The molecular weight excluding hydrogens is 681 g/mol. The minimum atomic E-state index is -1.25. The van der Waals surface area contributed by atoms with Gasteiger partial charge in [-0.25, -0.2) is 0 Å². The molecule has 1 aliphatic carbocycles. The summed E-state index contributed by atoms with van der Waals surface area (Å²) in [5, 5.41) is 6.21. The van der Waals surface area contributed by atoms with Crippen LogP contribution in [0.5, 0.6) is 0 Å².